The van der Waals surface area contributed by atoms with Crippen molar-refractivity contribution in [1.82, 2.24) is 15.0 Å². The monoisotopic (exact) mass is 279 g/mol. The lowest BCUT2D eigenvalue weighted by atomic mass is 10.1. The lowest BCUT2D eigenvalue weighted by Gasteiger charge is -2.22. The smallest absolute Gasteiger partial charge is 0.323 e. The van der Waals surface area contributed by atoms with E-state index in [0.29, 0.717) is 30.5 Å². The summed E-state index contributed by atoms with van der Waals surface area (Å²) in [6, 6.07) is 0.875. The summed E-state index contributed by atoms with van der Waals surface area (Å²) in [6.45, 7) is 11.0. The van der Waals surface area contributed by atoms with Crippen molar-refractivity contribution in [2.75, 3.05) is 29.9 Å². The number of hydrogen-bond donors (Lipinski definition) is 1. The molecule has 112 valence electrons. The number of nitrogens with one attached hydrogen (secondary N) is 1. The summed E-state index contributed by atoms with van der Waals surface area (Å²) in [5.41, 5.74) is 0. The molecule has 2 rings (SSSR count). The minimum atomic E-state index is 0.416. The number of anilines is 2. The van der Waals surface area contributed by atoms with Crippen molar-refractivity contribution in [3.8, 4) is 6.01 Å². The van der Waals surface area contributed by atoms with Crippen LogP contribution in [0.3, 0.4) is 0 Å². The van der Waals surface area contributed by atoms with E-state index in [-0.39, 0.29) is 0 Å². The molecule has 0 amide bonds. The van der Waals surface area contributed by atoms with Crippen LogP contribution in [0, 0.1) is 5.92 Å². The molecule has 1 aromatic rings. The summed E-state index contributed by atoms with van der Waals surface area (Å²) in [6.07, 6.45) is 2.11. The minimum Gasteiger partial charge on any atom is -0.463 e. The molecule has 1 fully saturated rings. The van der Waals surface area contributed by atoms with Gasteiger partial charge in [-0.15, -0.1) is 0 Å². The number of aromatic nitrogens is 3. The summed E-state index contributed by atoms with van der Waals surface area (Å²) < 4.78 is 5.58. The molecule has 6 nitrogen and oxygen atoms in total. The van der Waals surface area contributed by atoms with Crippen LogP contribution in [0.25, 0.3) is 0 Å². The molecule has 1 saturated heterocycles. The molecule has 20 heavy (non-hydrogen) atoms. The van der Waals surface area contributed by atoms with Gasteiger partial charge in [-0.25, -0.2) is 0 Å². The molecule has 0 bridgehead atoms. The van der Waals surface area contributed by atoms with Gasteiger partial charge in [0.25, 0.3) is 0 Å². The fraction of sp³-hybridized carbons (Fsp3) is 0.786. The van der Waals surface area contributed by atoms with E-state index in [9.17, 15) is 0 Å². The van der Waals surface area contributed by atoms with E-state index in [1.807, 2.05) is 6.92 Å². The van der Waals surface area contributed by atoms with Crippen molar-refractivity contribution in [2.24, 2.45) is 5.92 Å². The third-order valence-electron chi connectivity index (χ3n) is 3.41. The fourth-order valence-electron chi connectivity index (χ4n) is 2.55. The van der Waals surface area contributed by atoms with Gasteiger partial charge in [0.1, 0.15) is 0 Å². The van der Waals surface area contributed by atoms with Crippen molar-refractivity contribution in [3.05, 3.63) is 0 Å². The van der Waals surface area contributed by atoms with Crippen molar-refractivity contribution >= 4 is 11.9 Å². The first-order chi connectivity index (χ1) is 9.63. The zero-order chi connectivity index (χ0) is 14.5. The Morgan fingerprint density at radius 3 is 2.65 bits per heavy atom. The van der Waals surface area contributed by atoms with E-state index in [1.165, 1.54) is 6.42 Å². The van der Waals surface area contributed by atoms with Gasteiger partial charge in [0.15, 0.2) is 0 Å². The first-order valence-electron chi connectivity index (χ1n) is 7.53. The van der Waals surface area contributed by atoms with Crippen LogP contribution in [-0.4, -0.2) is 40.7 Å². The maximum Gasteiger partial charge on any atom is 0.323 e. The maximum atomic E-state index is 5.58. The Morgan fingerprint density at radius 1 is 1.25 bits per heavy atom. The molecule has 1 N–H and O–H groups in total. The summed E-state index contributed by atoms with van der Waals surface area (Å²) in [7, 11) is 0. The number of rotatable bonds is 6. The van der Waals surface area contributed by atoms with Gasteiger partial charge in [-0.05, 0) is 32.6 Å². The normalized spacial score (nSPS) is 22.1. The third-order valence-corrected chi connectivity index (χ3v) is 3.41. The Morgan fingerprint density at radius 2 is 2.05 bits per heavy atom. The quantitative estimate of drug-likeness (QED) is 0.862. The molecule has 6 heteroatoms. The summed E-state index contributed by atoms with van der Waals surface area (Å²) in [5, 5.41) is 3.15. The molecule has 1 aromatic heterocycles. The molecular weight excluding hydrogens is 254 g/mol. The highest BCUT2D eigenvalue weighted by Crippen LogP contribution is 2.27. The molecular formula is C14H25N5O. The van der Waals surface area contributed by atoms with Crippen LogP contribution in [0.4, 0.5) is 11.9 Å². The van der Waals surface area contributed by atoms with E-state index in [0.717, 1.165) is 25.5 Å². The topological polar surface area (TPSA) is 63.2 Å². The molecule has 2 atom stereocenters. The fourth-order valence-corrected chi connectivity index (χ4v) is 2.55. The average Bonchev–Trinajstić information content (AvgIpc) is 2.75. The highest BCUT2D eigenvalue weighted by Gasteiger charge is 2.29. The Labute approximate surface area is 121 Å². The summed E-state index contributed by atoms with van der Waals surface area (Å²) >= 11 is 0. The van der Waals surface area contributed by atoms with Gasteiger partial charge in [0, 0.05) is 19.1 Å². The van der Waals surface area contributed by atoms with Gasteiger partial charge in [-0.3, -0.25) is 0 Å². The highest BCUT2D eigenvalue weighted by molar-refractivity contribution is 5.40. The molecule has 0 aliphatic carbocycles. The van der Waals surface area contributed by atoms with Crippen LogP contribution in [-0.2, 0) is 0 Å². The lowest BCUT2D eigenvalue weighted by molar-refractivity contribution is 0.291. The molecule has 1 aliphatic heterocycles. The molecule has 0 radical (unpaired) electrons. The Bertz CT molecular complexity index is 440. The number of ether oxygens (including phenoxy) is 1. The highest BCUT2D eigenvalue weighted by atomic mass is 16.5. The molecule has 2 heterocycles. The molecule has 0 spiro atoms. The van der Waals surface area contributed by atoms with Gasteiger partial charge in [0.2, 0.25) is 11.9 Å². The van der Waals surface area contributed by atoms with Crippen LogP contribution in [0.1, 0.15) is 40.5 Å². The van der Waals surface area contributed by atoms with E-state index in [2.05, 4.69) is 45.9 Å². The second kappa shape index (κ2) is 6.72. The molecule has 0 aromatic carbocycles. The van der Waals surface area contributed by atoms with E-state index in [1.54, 1.807) is 0 Å². The largest absolute Gasteiger partial charge is 0.463 e. The molecule has 1 aliphatic rings. The summed E-state index contributed by atoms with van der Waals surface area (Å²) in [5.74, 6) is 1.98. The van der Waals surface area contributed by atoms with Crippen LogP contribution in [0.15, 0.2) is 0 Å². The van der Waals surface area contributed by atoms with Crippen molar-refractivity contribution in [1.29, 1.82) is 0 Å². The van der Waals surface area contributed by atoms with Crippen LogP contribution in [0.2, 0.25) is 0 Å². The van der Waals surface area contributed by atoms with E-state index in [4.69, 9.17) is 4.74 Å². The van der Waals surface area contributed by atoms with Gasteiger partial charge < -0.3 is 15.0 Å². The van der Waals surface area contributed by atoms with E-state index < -0.39 is 0 Å². The van der Waals surface area contributed by atoms with Gasteiger partial charge in [-0.2, -0.15) is 15.0 Å². The van der Waals surface area contributed by atoms with Crippen LogP contribution in [0.5, 0.6) is 6.01 Å². The van der Waals surface area contributed by atoms with Crippen molar-refractivity contribution < 1.29 is 4.74 Å². The second-order valence-electron chi connectivity index (χ2n) is 5.46. The standard InChI is InChI=1S/C14H25N5O/c1-5-7-20-14-17-12(15-6-2)16-13(18-14)19-9-10(3)8-11(19)4/h10-11H,5-9H2,1-4H3,(H,15,16,17,18). The third kappa shape index (κ3) is 3.49. The average molecular weight is 279 g/mol. The van der Waals surface area contributed by atoms with Crippen molar-refractivity contribution in [2.45, 2.75) is 46.6 Å². The number of nitrogens with zero attached hydrogens (tertiary/aromatic N) is 4. The van der Waals surface area contributed by atoms with Crippen molar-refractivity contribution in [3.63, 3.8) is 0 Å². The second-order valence-corrected chi connectivity index (χ2v) is 5.46. The van der Waals surface area contributed by atoms with Gasteiger partial charge >= 0.3 is 6.01 Å². The Kier molecular flexibility index (Phi) is 4.98. The molecule has 2 unspecified atom stereocenters. The zero-order valence-electron chi connectivity index (χ0n) is 12.9. The molecule has 0 saturated carbocycles. The first-order valence-corrected chi connectivity index (χ1v) is 7.53. The SMILES string of the molecule is CCCOc1nc(NCC)nc(N2CC(C)CC2C)n1. The van der Waals surface area contributed by atoms with E-state index >= 15 is 0 Å². The predicted molar refractivity (Wildman–Crippen MR) is 80.4 cm³/mol. The lowest BCUT2D eigenvalue weighted by Crippen LogP contribution is -2.29. The zero-order valence-corrected chi connectivity index (χ0v) is 12.9. The van der Waals surface area contributed by atoms with Gasteiger partial charge in [-0.1, -0.05) is 13.8 Å². The maximum absolute atomic E-state index is 5.58. The minimum absolute atomic E-state index is 0.416. The summed E-state index contributed by atoms with van der Waals surface area (Å²) in [4.78, 5) is 15.5. The van der Waals surface area contributed by atoms with Crippen LogP contribution < -0.4 is 15.0 Å². The number of hydrogen-bond acceptors (Lipinski definition) is 6. The Balaban J connectivity index is 2.23. The van der Waals surface area contributed by atoms with Gasteiger partial charge in [0.05, 0.1) is 6.61 Å². The van der Waals surface area contributed by atoms with Crippen LogP contribution >= 0.6 is 0 Å². The predicted octanol–water partition coefficient (Wildman–Crippen LogP) is 2.33. The Hall–Kier alpha value is -1.59. The first kappa shape index (κ1) is 14.8.